The minimum absolute atomic E-state index is 0.212. The molecule has 0 fully saturated rings. The van der Waals surface area contributed by atoms with Crippen LogP contribution >= 0.6 is 0 Å². The minimum atomic E-state index is -0.967. The number of methoxy groups -OCH3 is 1. The third-order valence-electron chi connectivity index (χ3n) is 2.17. The molecule has 2 N–H and O–H groups in total. The second-order valence-electron chi connectivity index (χ2n) is 3.38. The molecule has 0 spiro atoms. The number of benzene rings is 1. The lowest BCUT2D eigenvalue weighted by Gasteiger charge is -2.03. The molecule has 0 unspecified atom stereocenters. The van der Waals surface area contributed by atoms with Crippen LogP contribution in [0.2, 0.25) is 0 Å². The van der Waals surface area contributed by atoms with Crippen molar-refractivity contribution < 1.29 is 14.6 Å². The zero-order chi connectivity index (χ0) is 12.7. The molecule has 0 saturated carbocycles. The fraction of sp³-hybridized carbons (Fsp3) is 0.308. The summed E-state index contributed by atoms with van der Waals surface area (Å²) < 4.78 is 5.13. The predicted molar refractivity (Wildman–Crippen MR) is 65.4 cm³/mol. The second-order valence-corrected chi connectivity index (χ2v) is 3.38. The van der Waals surface area contributed by atoms with E-state index in [0.717, 1.165) is 6.54 Å². The van der Waals surface area contributed by atoms with Crippen molar-refractivity contribution >= 4 is 5.97 Å². The van der Waals surface area contributed by atoms with Gasteiger partial charge in [0.05, 0.1) is 18.2 Å². The molecule has 0 amide bonds. The van der Waals surface area contributed by atoms with E-state index in [4.69, 9.17) is 9.84 Å². The van der Waals surface area contributed by atoms with Crippen molar-refractivity contribution in [3.63, 3.8) is 0 Å². The van der Waals surface area contributed by atoms with Crippen LogP contribution in [0.5, 0.6) is 5.75 Å². The lowest BCUT2D eigenvalue weighted by molar-refractivity contribution is 0.0697. The van der Waals surface area contributed by atoms with E-state index in [0.29, 0.717) is 17.7 Å². The van der Waals surface area contributed by atoms with Crippen LogP contribution in [0.4, 0.5) is 0 Å². The van der Waals surface area contributed by atoms with Gasteiger partial charge in [-0.1, -0.05) is 11.8 Å². The Morgan fingerprint density at radius 3 is 2.88 bits per heavy atom. The molecular weight excluding hydrogens is 218 g/mol. The Kier molecular flexibility index (Phi) is 5.05. The maximum atomic E-state index is 10.8. The Labute approximate surface area is 101 Å². The zero-order valence-corrected chi connectivity index (χ0v) is 9.91. The molecule has 1 aromatic rings. The minimum Gasteiger partial charge on any atom is -0.495 e. The first-order valence-electron chi connectivity index (χ1n) is 5.24. The highest BCUT2D eigenvalue weighted by Crippen LogP contribution is 2.18. The van der Waals surface area contributed by atoms with Gasteiger partial charge in [-0.2, -0.15) is 0 Å². The topological polar surface area (TPSA) is 58.6 Å². The maximum Gasteiger partial charge on any atom is 0.335 e. The van der Waals surface area contributed by atoms with E-state index in [9.17, 15) is 4.79 Å². The predicted octanol–water partition coefficient (Wildman–Crippen LogP) is 1.35. The number of carboxylic acid groups (broad SMARTS) is 1. The van der Waals surface area contributed by atoms with Crippen molar-refractivity contribution in [3.8, 4) is 17.6 Å². The molecule has 0 heterocycles. The SMILES string of the molecule is CNCCC#Cc1cc(C(=O)O)ccc1OC. The summed E-state index contributed by atoms with van der Waals surface area (Å²) in [5, 5.41) is 11.9. The van der Waals surface area contributed by atoms with Gasteiger partial charge >= 0.3 is 5.97 Å². The molecule has 1 rings (SSSR count). The first-order valence-corrected chi connectivity index (χ1v) is 5.24. The highest BCUT2D eigenvalue weighted by molar-refractivity contribution is 5.88. The van der Waals surface area contributed by atoms with Crippen LogP contribution in [-0.4, -0.2) is 31.8 Å². The van der Waals surface area contributed by atoms with Gasteiger partial charge in [0, 0.05) is 13.0 Å². The molecule has 0 aromatic heterocycles. The first kappa shape index (κ1) is 13.1. The fourth-order valence-corrected chi connectivity index (χ4v) is 1.28. The number of carboxylic acids is 1. The number of rotatable bonds is 4. The van der Waals surface area contributed by atoms with E-state index in [1.54, 1.807) is 6.07 Å². The highest BCUT2D eigenvalue weighted by Gasteiger charge is 2.06. The van der Waals surface area contributed by atoms with Crippen molar-refractivity contribution in [2.45, 2.75) is 6.42 Å². The van der Waals surface area contributed by atoms with Crippen LogP contribution in [0.3, 0.4) is 0 Å². The van der Waals surface area contributed by atoms with Crippen molar-refractivity contribution in [2.75, 3.05) is 20.7 Å². The molecule has 17 heavy (non-hydrogen) atoms. The maximum absolute atomic E-state index is 10.8. The molecule has 4 nitrogen and oxygen atoms in total. The molecule has 90 valence electrons. The lowest BCUT2D eigenvalue weighted by atomic mass is 10.1. The summed E-state index contributed by atoms with van der Waals surface area (Å²) in [6.07, 6.45) is 0.705. The summed E-state index contributed by atoms with van der Waals surface area (Å²) in [4.78, 5) is 10.8. The number of carbonyl (C=O) groups is 1. The third kappa shape index (κ3) is 3.82. The van der Waals surface area contributed by atoms with Crippen LogP contribution < -0.4 is 10.1 Å². The summed E-state index contributed by atoms with van der Waals surface area (Å²) in [7, 11) is 3.39. The van der Waals surface area contributed by atoms with Crippen LogP contribution in [-0.2, 0) is 0 Å². The molecule has 0 aliphatic carbocycles. The summed E-state index contributed by atoms with van der Waals surface area (Å²) in [5.74, 6) is 5.50. The lowest BCUT2D eigenvalue weighted by Crippen LogP contribution is -2.05. The molecule has 0 aliphatic rings. The molecule has 0 radical (unpaired) electrons. The van der Waals surface area contributed by atoms with Crippen LogP contribution in [0.15, 0.2) is 18.2 Å². The quantitative estimate of drug-likeness (QED) is 0.609. The molecule has 0 saturated heterocycles. The average Bonchev–Trinajstić information content (AvgIpc) is 2.34. The van der Waals surface area contributed by atoms with Gasteiger partial charge in [0.25, 0.3) is 0 Å². The Balaban J connectivity index is 2.96. The normalized spacial score (nSPS) is 9.29. The summed E-state index contributed by atoms with van der Waals surface area (Å²) >= 11 is 0. The van der Waals surface area contributed by atoms with Crippen molar-refractivity contribution in [1.82, 2.24) is 5.32 Å². The molecule has 0 aliphatic heterocycles. The first-order chi connectivity index (χ1) is 8.19. The van der Waals surface area contributed by atoms with Gasteiger partial charge in [-0.05, 0) is 25.2 Å². The fourth-order valence-electron chi connectivity index (χ4n) is 1.28. The van der Waals surface area contributed by atoms with Crippen LogP contribution in [0, 0.1) is 11.8 Å². The van der Waals surface area contributed by atoms with Crippen LogP contribution in [0.25, 0.3) is 0 Å². The number of hydrogen-bond acceptors (Lipinski definition) is 3. The molecule has 0 atom stereocenters. The van der Waals surface area contributed by atoms with Gasteiger partial charge < -0.3 is 15.2 Å². The number of nitrogens with one attached hydrogen (secondary N) is 1. The summed E-state index contributed by atoms with van der Waals surface area (Å²) in [6.45, 7) is 0.800. The highest BCUT2D eigenvalue weighted by atomic mass is 16.5. The summed E-state index contributed by atoms with van der Waals surface area (Å²) in [6, 6.07) is 4.64. The van der Waals surface area contributed by atoms with Gasteiger partial charge in [-0.15, -0.1) is 0 Å². The molecule has 4 heteroatoms. The van der Waals surface area contributed by atoms with Gasteiger partial charge in [-0.3, -0.25) is 0 Å². The average molecular weight is 233 g/mol. The van der Waals surface area contributed by atoms with Gasteiger partial charge in [-0.25, -0.2) is 4.79 Å². The second kappa shape index (κ2) is 6.56. The van der Waals surface area contributed by atoms with E-state index in [1.165, 1.54) is 19.2 Å². The van der Waals surface area contributed by atoms with Crippen molar-refractivity contribution in [3.05, 3.63) is 29.3 Å². The van der Waals surface area contributed by atoms with Crippen molar-refractivity contribution in [1.29, 1.82) is 0 Å². The Bertz CT molecular complexity index is 457. The van der Waals surface area contributed by atoms with Crippen LogP contribution in [0.1, 0.15) is 22.3 Å². The monoisotopic (exact) mass is 233 g/mol. The van der Waals surface area contributed by atoms with E-state index in [-0.39, 0.29) is 5.56 Å². The largest absolute Gasteiger partial charge is 0.495 e. The Morgan fingerprint density at radius 2 is 2.29 bits per heavy atom. The molecular formula is C13H15NO3. The number of hydrogen-bond donors (Lipinski definition) is 2. The Morgan fingerprint density at radius 1 is 1.53 bits per heavy atom. The zero-order valence-electron chi connectivity index (χ0n) is 9.91. The number of ether oxygens (including phenoxy) is 1. The van der Waals surface area contributed by atoms with E-state index >= 15 is 0 Å². The van der Waals surface area contributed by atoms with Gasteiger partial charge in [0.1, 0.15) is 5.75 Å². The number of aromatic carboxylic acids is 1. The molecule has 1 aromatic carbocycles. The van der Waals surface area contributed by atoms with E-state index in [2.05, 4.69) is 17.2 Å². The van der Waals surface area contributed by atoms with Crippen molar-refractivity contribution in [2.24, 2.45) is 0 Å². The van der Waals surface area contributed by atoms with Gasteiger partial charge in [0.2, 0.25) is 0 Å². The summed E-state index contributed by atoms with van der Waals surface area (Å²) in [5.41, 5.74) is 0.812. The smallest absolute Gasteiger partial charge is 0.335 e. The van der Waals surface area contributed by atoms with E-state index < -0.39 is 5.97 Å². The Hall–Kier alpha value is -1.99. The third-order valence-corrected chi connectivity index (χ3v) is 2.17. The molecule has 0 bridgehead atoms. The van der Waals surface area contributed by atoms with E-state index in [1.807, 2.05) is 7.05 Å². The van der Waals surface area contributed by atoms with Gasteiger partial charge in [0.15, 0.2) is 0 Å². The standard InChI is InChI=1S/C13H15NO3/c1-14-8-4-3-5-10-9-11(13(15)16)6-7-12(10)17-2/h6-7,9,14H,4,8H2,1-2H3,(H,15,16).